The summed E-state index contributed by atoms with van der Waals surface area (Å²) in [5.74, 6) is 0.584. The maximum Gasteiger partial charge on any atom is 0.274 e. The van der Waals surface area contributed by atoms with Gasteiger partial charge in [0.05, 0.1) is 0 Å². The minimum absolute atomic E-state index is 0.00191. The fraction of sp³-hybridized carbons (Fsp3) is 0.375. The zero-order valence-corrected chi connectivity index (χ0v) is 17.6. The Hall–Kier alpha value is -2.95. The number of carbonyl (C=O) groups excluding carboxylic acids is 1. The molecule has 1 saturated heterocycles. The summed E-state index contributed by atoms with van der Waals surface area (Å²) in [7, 11) is 0. The molecule has 1 amide bonds. The van der Waals surface area contributed by atoms with E-state index >= 15 is 0 Å². The molecule has 0 radical (unpaired) electrons. The first-order chi connectivity index (χ1) is 13.9. The molecule has 29 heavy (non-hydrogen) atoms. The van der Waals surface area contributed by atoms with Gasteiger partial charge in [-0.3, -0.25) is 14.9 Å². The topological polar surface area (TPSA) is 61.9 Å². The normalized spacial score (nSPS) is 16.6. The summed E-state index contributed by atoms with van der Waals surface area (Å²) in [5.41, 5.74) is 7.22. The van der Waals surface area contributed by atoms with E-state index in [9.17, 15) is 4.79 Å². The molecule has 1 aliphatic heterocycles. The fourth-order valence-corrected chi connectivity index (χ4v) is 3.91. The van der Waals surface area contributed by atoms with Crippen molar-refractivity contribution in [2.75, 3.05) is 13.1 Å². The number of nitrogens with zero attached hydrogens (tertiary/aromatic N) is 3. The standard InChI is InChI=1S/C24H28N4O/c1-15(2)21-13-23(27-26-21)24(29)28-10-9-19(14-28)22-12-20(11-17(4)25-22)18-7-5-16(3)6-8-18/h5-8,11-13,15,19H,9-10,14H2,1-4H3,(H,26,27)/t19-/m1/s1. The van der Waals surface area contributed by atoms with Crippen molar-refractivity contribution in [3.8, 4) is 11.1 Å². The van der Waals surface area contributed by atoms with Gasteiger partial charge in [0.15, 0.2) is 0 Å². The van der Waals surface area contributed by atoms with E-state index in [1.54, 1.807) is 0 Å². The van der Waals surface area contributed by atoms with Gasteiger partial charge in [0.1, 0.15) is 5.69 Å². The smallest absolute Gasteiger partial charge is 0.274 e. The van der Waals surface area contributed by atoms with E-state index in [4.69, 9.17) is 4.98 Å². The Morgan fingerprint density at radius 3 is 2.55 bits per heavy atom. The number of benzene rings is 1. The Bertz CT molecular complexity index is 1020. The lowest BCUT2D eigenvalue weighted by Gasteiger charge is -2.16. The number of nitrogens with one attached hydrogen (secondary N) is 1. The molecule has 0 unspecified atom stereocenters. The summed E-state index contributed by atoms with van der Waals surface area (Å²) in [6, 6.07) is 14.8. The van der Waals surface area contributed by atoms with Crippen molar-refractivity contribution in [2.24, 2.45) is 0 Å². The molecule has 0 aliphatic carbocycles. The quantitative estimate of drug-likeness (QED) is 0.695. The molecule has 5 nitrogen and oxygen atoms in total. The van der Waals surface area contributed by atoms with Crippen LogP contribution in [0.3, 0.4) is 0 Å². The number of H-pyrrole nitrogens is 1. The van der Waals surface area contributed by atoms with Gasteiger partial charge in [-0.25, -0.2) is 0 Å². The Balaban J connectivity index is 1.52. The predicted molar refractivity (Wildman–Crippen MR) is 115 cm³/mol. The SMILES string of the molecule is Cc1ccc(-c2cc(C)nc([C@@H]3CCN(C(=O)c4cc(C(C)C)[nH]n4)C3)c2)cc1. The highest BCUT2D eigenvalue weighted by Crippen LogP contribution is 2.30. The fourth-order valence-electron chi connectivity index (χ4n) is 3.91. The predicted octanol–water partition coefficient (Wildman–Crippen LogP) is 4.84. The Morgan fingerprint density at radius 1 is 1.10 bits per heavy atom. The van der Waals surface area contributed by atoms with Crippen LogP contribution >= 0.6 is 0 Å². The summed E-state index contributed by atoms with van der Waals surface area (Å²) < 4.78 is 0. The van der Waals surface area contributed by atoms with Crippen LogP contribution in [-0.2, 0) is 0 Å². The lowest BCUT2D eigenvalue weighted by atomic mass is 9.98. The van der Waals surface area contributed by atoms with Crippen LogP contribution in [0.5, 0.6) is 0 Å². The molecule has 0 bridgehead atoms. The van der Waals surface area contributed by atoms with E-state index in [0.717, 1.165) is 30.0 Å². The highest BCUT2D eigenvalue weighted by atomic mass is 16.2. The van der Waals surface area contributed by atoms with Gasteiger partial charge in [-0.15, -0.1) is 0 Å². The number of hydrogen-bond donors (Lipinski definition) is 1. The largest absolute Gasteiger partial charge is 0.337 e. The van der Waals surface area contributed by atoms with Gasteiger partial charge >= 0.3 is 0 Å². The lowest BCUT2D eigenvalue weighted by Crippen LogP contribution is -2.28. The number of aromatic amines is 1. The molecule has 0 spiro atoms. The van der Waals surface area contributed by atoms with Crippen molar-refractivity contribution in [1.82, 2.24) is 20.1 Å². The molecule has 3 aromatic rings. The highest BCUT2D eigenvalue weighted by molar-refractivity contribution is 5.92. The van der Waals surface area contributed by atoms with Crippen LogP contribution < -0.4 is 0 Å². The third-order valence-electron chi connectivity index (χ3n) is 5.69. The van der Waals surface area contributed by atoms with E-state index in [0.29, 0.717) is 18.2 Å². The molecule has 150 valence electrons. The number of hydrogen-bond acceptors (Lipinski definition) is 3. The van der Waals surface area contributed by atoms with Gasteiger partial charge in [0.25, 0.3) is 5.91 Å². The van der Waals surface area contributed by atoms with Gasteiger partial charge in [0.2, 0.25) is 0 Å². The third kappa shape index (κ3) is 4.09. The van der Waals surface area contributed by atoms with Crippen molar-refractivity contribution in [3.63, 3.8) is 0 Å². The maximum atomic E-state index is 12.9. The van der Waals surface area contributed by atoms with Crippen molar-refractivity contribution in [1.29, 1.82) is 0 Å². The molecule has 3 heterocycles. The van der Waals surface area contributed by atoms with Crippen LogP contribution in [0.2, 0.25) is 0 Å². The summed E-state index contributed by atoms with van der Waals surface area (Å²) in [6.07, 6.45) is 0.928. The van der Waals surface area contributed by atoms with Crippen molar-refractivity contribution in [3.05, 3.63) is 70.8 Å². The molecular formula is C24H28N4O. The molecular weight excluding hydrogens is 360 g/mol. The Morgan fingerprint density at radius 2 is 1.86 bits per heavy atom. The second kappa shape index (κ2) is 7.82. The minimum Gasteiger partial charge on any atom is -0.337 e. The minimum atomic E-state index is 0.00191. The molecule has 1 aromatic carbocycles. The monoisotopic (exact) mass is 388 g/mol. The number of carbonyl (C=O) groups is 1. The zero-order chi connectivity index (χ0) is 20.5. The lowest BCUT2D eigenvalue weighted by molar-refractivity contribution is 0.0785. The first-order valence-electron chi connectivity index (χ1n) is 10.3. The maximum absolute atomic E-state index is 12.9. The number of aryl methyl sites for hydroxylation is 2. The molecule has 1 N–H and O–H groups in total. The van der Waals surface area contributed by atoms with E-state index in [1.807, 2.05) is 17.9 Å². The van der Waals surface area contributed by atoms with Gasteiger partial charge < -0.3 is 4.90 Å². The van der Waals surface area contributed by atoms with Crippen LogP contribution in [0.1, 0.15) is 65.2 Å². The first-order valence-corrected chi connectivity index (χ1v) is 10.3. The summed E-state index contributed by atoms with van der Waals surface area (Å²) >= 11 is 0. The van der Waals surface area contributed by atoms with Gasteiger partial charge in [-0.2, -0.15) is 5.10 Å². The van der Waals surface area contributed by atoms with Gasteiger partial charge in [-0.05, 0) is 55.5 Å². The number of aromatic nitrogens is 3. The Kier molecular flexibility index (Phi) is 5.22. The second-order valence-corrected chi connectivity index (χ2v) is 8.39. The van der Waals surface area contributed by atoms with E-state index in [-0.39, 0.29) is 11.8 Å². The van der Waals surface area contributed by atoms with Crippen LogP contribution in [-0.4, -0.2) is 39.1 Å². The number of amides is 1. The van der Waals surface area contributed by atoms with Crippen molar-refractivity contribution >= 4 is 5.91 Å². The average Bonchev–Trinajstić information content (AvgIpc) is 3.38. The number of likely N-dealkylation sites (tertiary alicyclic amines) is 1. The Labute approximate surface area is 172 Å². The average molecular weight is 389 g/mol. The first kappa shape index (κ1) is 19.4. The van der Waals surface area contributed by atoms with Crippen LogP contribution in [0, 0.1) is 13.8 Å². The number of rotatable bonds is 4. The highest BCUT2D eigenvalue weighted by Gasteiger charge is 2.30. The van der Waals surface area contributed by atoms with Crippen LogP contribution in [0.25, 0.3) is 11.1 Å². The van der Waals surface area contributed by atoms with E-state index in [1.165, 1.54) is 16.7 Å². The second-order valence-electron chi connectivity index (χ2n) is 8.39. The molecule has 1 atom stereocenters. The molecule has 4 rings (SSSR count). The molecule has 1 fully saturated rings. The molecule has 5 heteroatoms. The molecule has 2 aromatic heterocycles. The summed E-state index contributed by atoms with van der Waals surface area (Å²) in [6.45, 7) is 9.73. The summed E-state index contributed by atoms with van der Waals surface area (Å²) in [5, 5.41) is 7.20. The van der Waals surface area contributed by atoms with Gasteiger partial charge in [0, 0.05) is 36.1 Å². The zero-order valence-electron chi connectivity index (χ0n) is 17.6. The van der Waals surface area contributed by atoms with E-state index < -0.39 is 0 Å². The molecule has 1 aliphatic rings. The third-order valence-corrected chi connectivity index (χ3v) is 5.69. The van der Waals surface area contributed by atoms with Crippen LogP contribution in [0.4, 0.5) is 0 Å². The van der Waals surface area contributed by atoms with Crippen LogP contribution in [0.15, 0.2) is 42.5 Å². The molecule has 0 saturated carbocycles. The number of pyridine rings is 1. The van der Waals surface area contributed by atoms with E-state index in [2.05, 4.69) is 67.4 Å². The van der Waals surface area contributed by atoms with Gasteiger partial charge in [-0.1, -0.05) is 43.7 Å². The van der Waals surface area contributed by atoms with Crippen molar-refractivity contribution in [2.45, 2.75) is 46.0 Å². The van der Waals surface area contributed by atoms with Crippen molar-refractivity contribution < 1.29 is 4.79 Å². The summed E-state index contributed by atoms with van der Waals surface area (Å²) in [4.78, 5) is 19.6.